The molecule has 2 aromatic rings. The molecule has 2 rings (SSSR count). The molecule has 8 nitrogen and oxygen atoms in total. The minimum absolute atomic E-state index is 0.236. The van der Waals surface area contributed by atoms with E-state index in [0.717, 1.165) is 18.2 Å². The molecular weight excluding hydrogens is 427 g/mol. The maximum atomic E-state index is 12.9. The van der Waals surface area contributed by atoms with Crippen molar-refractivity contribution in [3.05, 3.63) is 72.2 Å². The molecule has 0 spiro atoms. The van der Waals surface area contributed by atoms with Crippen LogP contribution in [0.4, 0.5) is 30.2 Å². The molecule has 2 aromatic carbocycles. The SMILES string of the molecule is O=C(Nc1ccc(Br)c(C(F)(F)F)c1)c1cc([N+](=O)[O-])cc([N+](=O)[O-])c1. The van der Waals surface area contributed by atoms with Crippen LogP contribution in [0.3, 0.4) is 0 Å². The molecule has 0 radical (unpaired) electrons. The van der Waals surface area contributed by atoms with E-state index in [-0.39, 0.29) is 10.2 Å². The van der Waals surface area contributed by atoms with Crippen LogP contribution in [0.15, 0.2) is 40.9 Å². The number of carbonyl (C=O) groups excluding carboxylic acids is 1. The number of nitrogens with zero attached hydrogens (tertiary/aromatic N) is 2. The van der Waals surface area contributed by atoms with Crippen molar-refractivity contribution in [1.29, 1.82) is 0 Å². The van der Waals surface area contributed by atoms with Crippen LogP contribution >= 0.6 is 15.9 Å². The normalized spacial score (nSPS) is 11.1. The molecule has 0 aliphatic rings. The molecule has 0 heterocycles. The topological polar surface area (TPSA) is 115 Å². The van der Waals surface area contributed by atoms with E-state index in [2.05, 4.69) is 21.2 Å². The van der Waals surface area contributed by atoms with Crippen LogP contribution in [0.5, 0.6) is 0 Å². The molecule has 0 aliphatic heterocycles. The monoisotopic (exact) mass is 433 g/mol. The lowest BCUT2D eigenvalue weighted by Gasteiger charge is -2.12. The Kier molecular flexibility index (Phi) is 5.25. The van der Waals surface area contributed by atoms with Gasteiger partial charge in [-0.3, -0.25) is 25.0 Å². The van der Waals surface area contributed by atoms with Crippen LogP contribution in [0.2, 0.25) is 0 Å². The van der Waals surface area contributed by atoms with E-state index in [4.69, 9.17) is 0 Å². The summed E-state index contributed by atoms with van der Waals surface area (Å²) >= 11 is 2.75. The van der Waals surface area contributed by atoms with Gasteiger partial charge in [0.25, 0.3) is 17.3 Å². The summed E-state index contributed by atoms with van der Waals surface area (Å²) in [5.74, 6) is -1.03. The Morgan fingerprint density at radius 3 is 2.00 bits per heavy atom. The number of non-ortho nitro benzene ring substituents is 2. The molecule has 1 amide bonds. The van der Waals surface area contributed by atoms with Crippen LogP contribution < -0.4 is 5.32 Å². The first-order chi connectivity index (χ1) is 12.0. The summed E-state index contributed by atoms with van der Waals surface area (Å²) in [5.41, 5.74) is -3.12. The maximum Gasteiger partial charge on any atom is 0.417 e. The molecule has 0 saturated carbocycles. The minimum Gasteiger partial charge on any atom is -0.322 e. The lowest BCUT2D eigenvalue weighted by molar-refractivity contribution is -0.394. The second-order valence-electron chi connectivity index (χ2n) is 4.90. The predicted molar refractivity (Wildman–Crippen MR) is 86.8 cm³/mol. The zero-order valence-corrected chi connectivity index (χ0v) is 14.0. The number of rotatable bonds is 4. The van der Waals surface area contributed by atoms with E-state index < -0.39 is 44.4 Å². The average Bonchev–Trinajstić information content (AvgIpc) is 2.55. The Morgan fingerprint density at radius 2 is 1.54 bits per heavy atom. The highest BCUT2D eigenvalue weighted by Gasteiger charge is 2.33. The Labute approximate surface area is 151 Å². The lowest BCUT2D eigenvalue weighted by Crippen LogP contribution is -2.14. The number of benzene rings is 2. The van der Waals surface area contributed by atoms with Gasteiger partial charge in [-0.15, -0.1) is 0 Å². The first kappa shape index (κ1) is 19.3. The van der Waals surface area contributed by atoms with Gasteiger partial charge in [0.05, 0.1) is 27.0 Å². The summed E-state index contributed by atoms with van der Waals surface area (Å²) in [6.45, 7) is 0. The van der Waals surface area contributed by atoms with Gasteiger partial charge < -0.3 is 5.32 Å². The molecule has 136 valence electrons. The molecule has 12 heteroatoms. The fourth-order valence-corrected chi connectivity index (χ4v) is 2.43. The van der Waals surface area contributed by atoms with E-state index in [9.17, 15) is 38.2 Å². The van der Waals surface area contributed by atoms with Crippen molar-refractivity contribution < 1.29 is 27.8 Å². The molecule has 0 unspecified atom stereocenters. The predicted octanol–water partition coefficient (Wildman–Crippen LogP) is 4.54. The van der Waals surface area contributed by atoms with Gasteiger partial charge >= 0.3 is 6.18 Å². The Hall–Kier alpha value is -3.02. The van der Waals surface area contributed by atoms with Gasteiger partial charge in [0.2, 0.25) is 0 Å². The summed E-state index contributed by atoms with van der Waals surface area (Å²) in [5, 5.41) is 23.8. The molecule has 26 heavy (non-hydrogen) atoms. The largest absolute Gasteiger partial charge is 0.417 e. The molecule has 0 atom stereocenters. The minimum atomic E-state index is -4.68. The van der Waals surface area contributed by atoms with Crippen molar-refractivity contribution in [2.75, 3.05) is 5.32 Å². The Balaban J connectivity index is 2.39. The number of nitrogens with one attached hydrogen (secondary N) is 1. The van der Waals surface area contributed by atoms with Crippen molar-refractivity contribution in [2.24, 2.45) is 0 Å². The third-order valence-electron chi connectivity index (χ3n) is 3.12. The third-order valence-corrected chi connectivity index (χ3v) is 3.81. The second-order valence-corrected chi connectivity index (χ2v) is 5.75. The standard InChI is InChI=1S/C14H7BrF3N3O5/c15-12-2-1-8(5-11(12)14(16,17)18)19-13(22)7-3-9(20(23)24)6-10(4-7)21(25)26/h1-6H,(H,19,22). The number of halogens is 4. The highest BCUT2D eigenvalue weighted by Crippen LogP contribution is 2.36. The molecule has 0 aliphatic carbocycles. The molecule has 1 N–H and O–H groups in total. The van der Waals surface area contributed by atoms with Gasteiger partial charge in [0.1, 0.15) is 0 Å². The van der Waals surface area contributed by atoms with E-state index in [1.807, 2.05) is 0 Å². The number of carbonyl (C=O) groups is 1. The smallest absolute Gasteiger partial charge is 0.322 e. The van der Waals surface area contributed by atoms with Crippen LogP contribution in [0.1, 0.15) is 15.9 Å². The summed E-state index contributed by atoms with van der Waals surface area (Å²) in [7, 11) is 0. The van der Waals surface area contributed by atoms with Crippen molar-refractivity contribution >= 4 is 38.9 Å². The number of alkyl halides is 3. The fraction of sp³-hybridized carbons (Fsp3) is 0.0714. The number of nitro groups is 2. The lowest BCUT2D eigenvalue weighted by atomic mass is 10.1. The van der Waals surface area contributed by atoms with E-state index in [1.54, 1.807) is 0 Å². The van der Waals surface area contributed by atoms with Crippen LogP contribution in [0.25, 0.3) is 0 Å². The van der Waals surface area contributed by atoms with Gasteiger partial charge in [-0.1, -0.05) is 15.9 Å². The van der Waals surface area contributed by atoms with Gasteiger partial charge in [0.15, 0.2) is 0 Å². The van der Waals surface area contributed by atoms with Crippen LogP contribution in [-0.2, 0) is 6.18 Å². The van der Waals surface area contributed by atoms with E-state index >= 15 is 0 Å². The van der Waals surface area contributed by atoms with Crippen LogP contribution in [-0.4, -0.2) is 15.8 Å². The van der Waals surface area contributed by atoms with E-state index in [0.29, 0.717) is 12.1 Å². The average molecular weight is 434 g/mol. The zero-order chi connectivity index (χ0) is 19.6. The fourth-order valence-electron chi connectivity index (χ4n) is 1.96. The zero-order valence-electron chi connectivity index (χ0n) is 12.4. The van der Waals surface area contributed by atoms with Crippen LogP contribution in [0, 0.1) is 20.2 Å². The van der Waals surface area contributed by atoms with Gasteiger partial charge in [-0.05, 0) is 18.2 Å². The summed E-state index contributed by atoms with van der Waals surface area (Å²) in [6, 6.07) is 5.13. The molecule has 0 fully saturated rings. The van der Waals surface area contributed by atoms with E-state index in [1.165, 1.54) is 6.07 Å². The van der Waals surface area contributed by atoms with Crippen molar-refractivity contribution in [3.8, 4) is 0 Å². The van der Waals surface area contributed by atoms with Gasteiger partial charge in [-0.25, -0.2) is 0 Å². The third kappa shape index (κ3) is 4.33. The number of anilines is 1. The summed E-state index contributed by atoms with van der Waals surface area (Å²) in [6.07, 6.45) is -4.68. The highest BCUT2D eigenvalue weighted by atomic mass is 79.9. The second kappa shape index (κ2) is 7.07. The molecular formula is C14H7BrF3N3O5. The molecule has 0 bridgehead atoms. The van der Waals surface area contributed by atoms with Gasteiger partial charge in [0, 0.05) is 22.3 Å². The van der Waals surface area contributed by atoms with Crippen molar-refractivity contribution in [3.63, 3.8) is 0 Å². The Morgan fingerprint density at radius 1 is 1.00 bits per heavy atom. The molecule has 0 aromatic heterocycles. The maximum absolute atomic E-state index is 12.9. The quantitative estimate of drug-likeness (QED) is 0.561. The van der Waals surface area contributed by atoms with Crippen molar-refractivity contribution in [1.82, 2.24) is 0 Å². The van der Waals surface area contributed by atoms with Gasteiger partial charge in [-0.2, -0.15) is 13.2 Å². The number of hydrogen-bond donors (Lipinski definition) is 1. The first-order valence-electron chi connectivity index (χ1n) is 6.61. The summed E-state index contributed by atoms with van der Waals surface area (Å²) < 4.78 is 38.4. The molecule has 0 saturated heterocycles. The first-order valence-corrected chi connectivity index (χ1v) is 7.40. The number of hydrogen-bond acceptors (Lipinski definition) is 5. The Bertz CT molecular complexity index is 885. The van der Waals surface area contributed by atoms with Crippen molar-refractivity contribution in [2.45, 2.75) is 6.18 Å². The number of amides is 1. The highest BCUT2D eigenvalue weighted by molar-refractivity contribution is 9.10. The number of nitro benzene ring substituents is 2. The summed E-state index contributed by atoms with van der Waals surface area (Å²) in [4.78, 5) is 32.0.